The van der Waals surface area contributed by atoms with Crippen molar-refractivity contribution < 1.29 is 14.3 Å². The Balaban J connectivity index is 2.31. The van der Waals surface area contributed by atoms with Crippen LogP contribution < -0.4 is 5.32 Å². The Morgan fingerprint density at radius 3 is 2.64 bits per heavy atom. The molecule has 0 aromatic carbocycles. The third-order valence-electron chi connectivity index (χ3n) is 1.94. The number of hydrogen-bond donors (Lipinski definition) is 1. The third kappa shape index (κ3) is 3.77. The van der Waals surface area contributed by atoms with Crippen LogP contribution in [0, 0.1) is 5.92 Å². The topological polar surface area (TPSA) is 55.4 Å². The molecule has 1 rings (SSSR count). The first-order chi connectivity index (χ1) is 6.37. The molecule has 0 aromatic heterocycles. The zero-order valence-electron chi connectivity index (χ0n) is 8.92. The van der Waals surface area contributed by atoms with Gasteiger partial charge in [0.15, 0.2) is 0 Å². The van der Waals surface area contributed by atoms with E-state index in [1.807, 2.05) is 20.8 Å². The fourth-order valence-electron chi connectivity index (χ4n) is 1.43. The molecule has 0 bridgehead atoms. The van der Waals surface area contributed by atoms with Crippen LogP contribution in [0.2, 0.25) is 0 Å². The number of amides is 1. The first kappa shape index (κ1) is 11.0. The smallest absolute Gasteiger partial charge is 0.306 e. The zero-order valence-corrected chi connectivity index (χ0v) is 8.92. The molecule has 4 heteroatoms. The van der Waals surface area contributed by atoms with Crippen molar-refractivity contribution in [2.24, 2.45) is 5.92 Å². The first-order valence-electron chi connectivity index (χ1n) is 4.85. The Bertz CT molecular complexity index is 242. The molecule has 1 aliphatic rings. The van der Waals surface area contributed by atoms with Crippen LogP contribution >= 0.6 is 0 Å². The highest BCUT2D eigenvalue weighted by atomic mass is 16.6. The lowest BCUT2D eigenvalue weighted by atomic mass is 10.0. The van der Waals surface area contributed by atoms with Gasteiger partial charge < -0.3 is 10.1 Å². The van der Waals surface area contributed by atoms with Gasteiger partial charge in [0.2, 0.25) is 5.91 Å². The second-order valence-electron chi connectivity index (χ2n) is 4.66. The van der Waals surface area contributed by atoms with Crippen molar-refractivity contribution in [2.45, 2.75) is 39.2 Å². The van der Waals surface area contributed by atoms with Gasteiger partial charge in [-0.15, -0.1) is 0 Å². The normalized spacial score (nSPS) is 21.9. The van der Waals surface area contributed by atoms with Crippen LogP contribution in [-0.4, -0.2) is 24.0 Å². The molecular formula is C10H17NO3. The number of carbonyl (C=O) groups excluding carboxylic acids is 2. The SMILES string of the molecule is CC(C)(C)OC(=O)C[C@H]1CNC(=O)C1. The maximum absolute atomic E-state index is 11.4. The number of nitrogens with one attached hydrogen (secondary N) is 1. The summed E-state index contributed by atoms with van der Waals surface area (Å²) in [6, 6.07) is 0. The van der Waals surface area contributed by atoms with Crippen LogP contribution in [0.25, 0.3) is 0 Å². The number of ether oxygens (including phenoxy) is 1. The van der Waals surface area contributed by atoms with Gasteiger partial charge in [0.05, 0.1) is 6.42 Å². The molecule has 0 aromatic rings. The average molecular weight is 199 g/mol. The fraction of sp³-hybridized carbons (Fsp3) is 0.800. The van der Waals surface area contributed by atoms with Crippen molar-refractivity contribution in [3.8, 4) is 0 Å². The summed E-state index contributed by atoms with van der Waals surface area (Å²) in [7, 11) is 0. The van der Waals surface area contributed by atoms with Crippen molar-refractivity contribution in [3.63, 3.8) is 0 Å². The Labute approximate surface area is 84.0 Å². The number of esters is 1. The molecule has 0 aliphatic carbocycles. The molecule has 1 amide bonds. The summed E-state index contributed by atoms with van der Waals surface area (Å²) in [6.45, 7) is 6.10. The third-order valence-corrected chi connectivity index (χ3v) is 1.94. The predicted molar refractivity (Wildman–Crippen MR) is 51.6 cm³/mol. The number of rotatable bonds is 2. The summed E-state index contributed by atoms with van der Waals surface area (Å²) >= 11 is 0. The summed E-state index contributed by atoms with van der Waals surface area (Å²) in [4.78, 5) is 22.2. The lowest BCUT2D eigenvalue weighted by molar-refractivity contribution is -0.155. The average Bonchev–Trinajstić information content (AvgIpc) is 2.30. The standard InChI is InChI=1S/C10H17NO3/c1-10(2,3)14-9(13)5-7-4-8(12)11-6-7/h7H,4-6H2,1-3H3,(H,11,12)/t7-/m0/s1. The van der Waals surface area contributed by atoms with E-state index in [-0.39, 0.29) is 17.8 Å². The molecule has 0 saturated carbocycles. The highest BCUT2D eigenvalue weighted by Gasteiger charge is 2.26. The molecule has 80 valence electrons. The van der Waals surface area contributed by atoms with E-state index in [1.165, 1.54) is 0 Å². The molecule has 1 N–H and O–H groups in total. The number of hydrogen-bond acceptors (Lipinski definition) is 3. The molecule has 0 radical (unpaired) electrons. The van der Waals surface area contributed by atoms with Crippen LogP contribution in [0.3, 0.4) is 0 Å². The first-order valence-corrected chi connectivity index (χ1v) is 4.85. The van der Waals surface area contributed by atoms with Gasteiger partial charge in [0, 0.05) is 13.0 Å². The highest BCUT2D eigenvalue weighted by Crippen LogP contribution is 2.16. The Kier molecular flexibility index (Phi) is 3.13. The van der Waals surface area contributed by atoms with E-state index in [1.54, 1.807) is 0 Å². The lowest BCUT2D eigenvalue weighted by Gasteiger charge is -2.20. The van der Waals surface area contributed by atoms with Gasteiger partial charge in [-0.2, -0.15) is 0 Å². The van der Waals surface area contributed by atoms with Crippen molar-refractivity contribution >= 4 is 11.9 Å². The van der Waals surface area contributed by atoms with Crippen LogP contribution in [0.5, 0.6) is 0 Å². The van der Waals surface area contributed by atoms with Gasteiger partial charge in [0.25, 0.3) is 0 Å². The summed E-state index contributed by atoms with van der Waals surface area (Å²) < 4.78 is 5.16. The van der Waals surface area contributed by atoms with E-state index >= 15 is 0 Å². The Hall–Kier alpha value is -1.06. The molecule has 14 heavy (non-hydrogen) atoms. The van der Waals surface area contributed by atoms with Gasteiger partial charge in [0.1, 0.15) is 5.60 Å². The summed E-state index contributed by atoms with van der Waals surface area (Å²) in [5.74, 6) is -0.0880. The molecule has 1 aliphatic heterocycles. The van der Waals surface area contributed by atoms with Crippen molar-refractivity contribution in [1.29, 1.82) is 0 Å². The van der Waals surface area contributed by atoms with Gasteiger partial charge in [-0.25, -0.2) is 0 Å². The van der Waals surface area contributed by atoms with Gasteiger partial charge in [-0.1, -0.05) is 0 Å². The molecular weight excluding hydrogens is 182 g/mol. The van der Waals surface area contributed by atoms with Crippen LogP contribution in [0.15, 0.2) is 0 Å². The lowest BCUT2D eigenvalue weighted by Crippen LogP contribution is -2.25. The minimum absolute atomic E-state index is 0.0264. The minimum Gasteiger partial charge on any atom is -0.460 e. The van der Waals surface area contributed by atoms with E-state index < -0.39 is 5.60 Å². The summed E-state index contributed by atoms with van der Waals surface area (Å²) in [5.41, 5.74) is -0.437. The molecule has 0 unspecified atom stereocenters. The van der Waals surface area contributed by atoms with Gasteiger partial charge in [-0.05, 0) is 26.7 Å². The molecule has 1 fully saturated rings. The van der Waals surface area contributed by atoms with E-state index in [0.717, 1.165) is 0 Å². The van der Waals surface area contributed by atoms with E-state index in [2.05, 4.69) is 5.32 Å². The fourth-order valence-corrected chi connectivity index (χ4v) is 1.43. The van der Waals surface area contributed by atoms with Crippen molar-refractivity contribution in [3.05, 3.63) is 0 Å². The highest BCUT2D eigenvalue weighted by molar-refractivity contribution is 5.80. The van der Waals surface area contributed by atoms with Gasteiger partial charge >= 0.3 is 5.97 Å². The van der Waals surface area contributed by atoms with Gasteiger partial charge in [-0.3, -0.25) is 9.59 Å². The zero-order chi connectivity index (χ0) is 10.8. The maximum Gasteiger partial charge on any atom is 0.306 e. The molecule has 1 heterocycles. The van der Waals surface area contributed by atoms with Crippen LogP contribution in [0.1, 0.15) is 33.6 Å². The molecule has 1 saturated heterocycles. The molecule has 1 atom stereocenters. The Morgan fingerprint density at radius 2 is 2.21 bits per heavy atom. The monoisotopic (exact) mass is 199 g/mol. The van der Waals surface area contributed by atoms with Crippen LogP contribution in [0.4, 0.5) is 0 Å². The van der Waals surface area contributed by atoms with E-state index in [0.29, 0.717) is 19.4 Å². The summed E-state index contributed by atoms with van der Waals surface area (Å²) in [5, 5.41) is 2.69. The minimum atomic E-state index is -0.437. The van der Waals surface area contributed by atoms with Crippen molar-refractivity contribution in [1.82, 2.24) is 5.32 Å². The maximum atomic E-state index is 11.4. The second kappa shape index (κ2) is 3.98. The van der Waals surface area contributed by atoms with Crippen molar-refractivity contribution in [2.75, 3.05) is 6.54 Å². The quantitative estimate of drug-likeness (QED) is 0.671. The molecule has 4 nitrogen and oxygen atoms in total. The second-order valence-corrected chi connectivity index (χ2v) is 4.66. The summed E-state index contributed by atoms with van der Waals surface area (Å²) in [6.07, 6.45) is 0.773. The van der Waals surface area contributed by atoms with E-state index in [9.17, 15) is 9.59 Å². The largest absolute Gasteiger partial charge is 0.460 e. The molecule has 0 spiro atoms. The van der Waals surface area contributed by atoms with E-state index in [4.69, 9.17) is 4.74 Å². The Morgan fingerprint density at radius 1 is 1.57 bits per heavy atom. The van der Waals surface area contributed by atoms with Crippen LogP contribution in [-0.2, 0) is 14.3 Å². The predicted octanol–water partition coefficient (Wildman–Crippen LogP) is 0.854. The number of carbonyl (C=O) groups is 2.